The Morgan fingerprint density at radius 1 is 1.29 bits per heavy atom. The van der Waals surface area contributed by atoms with Crippen LogP contribution in [-0.2, 0) is 21.7 Å². The van der Waals surface area contributed by atoms with Gasteiger partial charge in [0.25, 0.3) is 0 Å². The van der Waals surface area contributed by atoms with Crippen molar-refractivity contribution in [2.75, 3.05) is 13.4 Å². The molecule has 0 aliphatic heterocycles. The summed E-state index contributed by atoms with van der Waals surface area (Å²) in [7, 11) is 1.41. The fourth-order valence-corrected chi connectivity index (χ4v) is 1.68. The number of hydrogen-bond donors (Lipinski definition) is 0. The summed E-state index contributed by atoms with van der Waals surface area (Å²) in [6, 6.07) is 8.05. The lowest BCUT2D eigenvalue weighted by Gasteiger charge is -2.01. The highest BCUT2D eigenvalue weighted by atomic mass is 32.2. The third kappa shape index (κ3) is 3.42. The molecule has 0 fully saturated rings. The second-order valence-corrected chi connectivity index (χ2v) is 3.87. The van der Waals surface area contributed by atoms with Crippen LogP contribution in [0.4, 0.5) is 0 Å². The molecule has 0 amide bonds. The first-order valence-electron chi connectivity index (χ1n) is 4.40. The van der Waals surface area contributed by atoms with Gasteiger partial charge in [-0.3, -0.25) is 4.79 Å². The minimum absolute atomic E-state index is 0.192. The highest BCUT2D eigenvalue weighted by Gasteiger charge is 2.01. The molecule has 1 aromatic rings. The first kappa shape index (κ1) is 11.1. The Kier molecular flexibility index (Phi) is 4.53. The van der Waals surface area contributed by atoms with Crippen molar-refractivity contribution >= 4 is 17.7 Å². The van der Waals surface area contributed by atoms with Gasteiger partial charge in [-0.05, 0) is 17.4 Å². The topological polar surface area (TPSA) is 26.3 Å². The van der Waals surface area contributed by atoms with Crippen molar-refractivity contribution in [2.24, 2.45) is 0 Å². The summed E-state index contributed by atoms with van der Waals surface area (Å²) in [6.45, 7) is 0. The summed E-state index contributed by atoms with van der Waals surface area (Å²) in [5.41, 5.74) is 2.29. The Balaban J connectivity index is 2.59. The van der Waals surface area contributed by atoms with Gasteiger partial charge in [0.1, 0.15) is 0 Å². The van der Waals surface area contributed by atoms with E-state index in [-0.39, 0.29) is 5.97 Å². The molecule has 0 spiro atoms. The molecule has 0 aromatic heterocycles. The molecule has 0 saturated heterocycles. The van der Waals surface area contributed by atoms with Gasteiger partial charge in [0.15, 0.2) is 0 Å². The molecule has 0 unspecified atom stereocenters. The number of carbonyl (C=O) groups excluding carboxylic acids is 1. The van der Waals surface area contributed by atoms with Crippen molar-refractivity contribution in [1.29, 1.82) is 0 Å². The number of carbonyl (C=O) groups is 1. The predicted octanol–water partition coefficient (Wildman–Crippen LogP) is 2.27. The van der Waals surface area contributed by atoms with Gasteiger partial charge in [-0.1, -0.05) is 24.3 Å². The maximum Gasteiger partial charge on any atom is 0.309 e. The Morgan fingerprint density at radius 3 is 2.36 bits per heavy atom. The van der Waals surface area contributed by atoms with E-state index in [2.05, 4.69) is 23.1 Å². The Bertz CT molecular complexity index is 293. The van der Waals surface area contributed by atoms with E-state index in [0.717, 1.165) is 11.3 Å². The maximum absolute atomic E-state index is 11.0. The lowest BCUT2D eigenvalue weighted by atomic mass is 10.1. The number of esters is 1. The SMILES string of the molecule is COC(=O)Cc1ccc(CSC)cc1. The zero-order valence-electron chi connectivity index (χ0n) is 8.45. The largest absolute Gasteiger partial charge is 0.469 e. The number of hydrogen-bond acceptors (Lipinski definition) is 3. The fraction of sp³-hybridized carbons (Fsp3) is 0.364. The van der Waals surface area contributed by atoms with Crippen LogP contribution in [0.1, 0.15) is 11.1 Å². The number of rotatable bonds is 4. The number of benzene rings is 1. The molecule has 0 radical (unpaired) electrons. The molecule has 2 nitrogen and oxygen atoms in total. The molecule has 76 valence electrons. The van der Waals surface area contributed by atoms with Gasteiger partial charge < -0.3 is 4.74 Å². The van der Waals surface area contributed by atoms with Gasteiger partial charge in [0, 0.05) is 5.75 Å². The van der Waals surface area contributed by atoms with Gasteiger partial charge in [-0.15, -0.1) is 0 Å². The average Bonchev–Trinajstić information content (AvgIpc) is 2.21. The average molecular weight is 210 g/mol. The molecule has 0 bridgehead atoms. The van der Waals surface area contributed by atoms with E-state index in [1.165, 1.54) is 12.7 Å². The highest BCUT2D eigenvalue weighted by molar-refractivity contribution is 7.97. The third-order valence-corrected chi connectivity index (χ3v) is 2.53. The normalized spacial score (nSPS) is 9.86. The van der Waals surface area contributed by atoms with Gasteiger partial charge in [0.05, 0.1) is 13.5 Å². The van der Waals surface area contributed by atoms with Crippen molar-refractivity contribution in [3.63, 3.8) is 0 Å². The molecular formula is C11H14O2S. The first-order valence-corrected chi connectivity index (χ1v) is 5.79. The van der Waals surface area contributed by atoms with Gasteiger partial charge in [0.2, 0.25) is 0 Å². The van der Waals surface area contributed by atoms with E-state index in [9.17, 15) is 4.79 Å². The summed E-state index contributed by atoms with van der Waals surface area (Å²) >= 11 is 1.79. The monoisotopic (exact) mass is 210 g/mol. The molecule has 0 aliphatic carbocycles. The van der Waals surface area contributed by atoms with Crippen LogP contribution in [0.25, 0.3) is 0 Å². The van der Waals surface area contributed by atoms with E-state index < -0.39 is 0 Å². The van der Waals surface area contributed by atoms with Crippen LogP contribution in [0.5, 0.6) is 0 Å². The molecule has 1 aromatic carbocycles. The van der Waals surface area contributed by atoms with Gasteiger partial charge in [-0.2, -0.15) is 11.8 Å². The smallest absolute Gasteiger partial charge is 0.309 e. The summed E-state index contributed by atoms with van der Waals surface area (Å²) in [5.74, 6) is 0.820. The van der Waals surface area contributed by atoms with Crippen molar-refractivity contribution in [2.45, 2.75) is 12.2 Å². The van der Waals surface area contributed by atoms with E-state index in [0.29, 0.717) is 6.42 Å². The number of methoxy groups -OCH3 is 1. The van der Waals surface area contributed by atoms with E-state index in [1.54, 1.807) is 11.8 Å². The van der Waals surface area contributed by atoms with Crippen LogP contribution in [-0.4, -0.2) is 19.3 Å². The summed E-state index contributed by atoms with van der Waals surface area (Å²) in [5, 5.41) is 0. The Morgan fingerprint density at radius 2 is 1.86 bits per heavy atom. The quantitative estimate of drug-likeness (QED) is 0.713. The van der Waals surface area contributed by atoms with Gasteiger partial charge in [-0.25, -0.2) is 0 Å². The maximum atomic E-state index is 11.0. The van der Waals surface area contributed by atoms with E-state index in [4.69, 9.17) is 0 Å². The minimum Gasteiger partial charge on any atom is -0.469 e. The van der Waals surface area contributed by atoms with Crippen molar-refractivity contribution < 1.29 is 9.53 Å². The van der Waals surface area contributed by atoms with Crippen molar-refractivity contribution in [3.05, 3.63) is 35.4 Å². The number of thioether (sulfide) groups is 1. The lowest BCUT2D eigenvalue weighted by Crippen LogP contribution is -2.04. The van der Waals surface area contributed by atoms with Crippen LogP contribution >= 0.6 is 11.8 Å². The molecular weight excluding hydrogens is 196 g/mol. The van der Waals surface area contributed by atoms with Crippen molar-refractivity contribution in [1.82, 2.24) is 0 Å². The standard InChI is InChI=1S/C11H14O2S/c1-13-11(12)7-9-3-5-10(6-4-9)8-14-2/h3-6H,7-8H2,1-2H3. The zero-order chi connectivity index (χ0) is 10.4. The molecule has 0 saturated carbocycles. The lowest BCUT2D eigenvalue weighted by molar-refractivity contribution is -0.139. The van der Waals surface area contributed by atoms with Crippen LogP contribution in [0.15, 0.2) is 24.3 Å². The Labute approximate surface area is 88.7 Å². The highest BCUT2D eigenvalue weighted by Crippen LogP contribution is 2.11. The molecule has 0 heterocycles. The molecule has 0 N–H and O–H groups in total. The van der Waals surface area contributed by atoms with E-state index in [1.807, 2.05) is 12.1 Å². The van der Waals surface area contributed by atoms with Crippen LogP contribution < -0.4 is 0 Å². The summed E-state index contributed by atoms with van der Waals surface area (Å²) in [4.78, 5) is 11.0. The zero-order valence-corrected chi connectivity index (χ0v) is 9.26. The second-order valence-electron chi connectivity index (χ2n) is 3.00. The van der Waals surface area contributed by atoms with Crippen LogP contribution in [0.3, 0.4) is 0 Å². The molecule has 0 aliphatic rings. The fourth-order valence-electron chi connectivity index (χ4n) is 1.16. The predicted molar refractivity (Wildman–Crippen MR) is 59.4 cm³/mol. The molecule has 3 heteroatoms. The first-order chi connectivity index (χ1) is 6.76. The van der Waals surface area contributed by atoms with Crippen LogP contribution in [0.2, 0.25) is 0 Å². The number of ether oxygens (including phenoxy) is 1. The summed E-state index contributed by atoms with van der Waals surface area (Å²) < 4.78 is 4.59. The molecule has 0 atom stereocenters. The molecule has 14 heavy (non-hydrogen) atoms. The van der Waals surface area contributed by atoms with Gasteiger partial charge >= 0.3 is 5.97 Å². The van der Waals surface area contributed by atoms with Crippen molar-refractivity contribution in [3.8, 4) is 0 Å². The second kappa shape index (κ2) is 5.70. The van der Waals surface area contributed by atoms with Crippen LogP contribution in [0, 0.1) is 0 Å². The minimum atomic E-state index is -0.192. The Hall–Kier alpha value is -0.960. The van der Waals surface area contributed by atoms with E-state index >= 15 is 0 Å². The summed E-state index contributed by atoms with van der Waals surface area (Å²) in [6.07, 6.45) is 2.43. The third-order valence-electron chi connectivity index (χ3n) is 1.91. The molecule has 1 rings (SSSR count).